The Labute approximate surface area is 118 Å². The third-order valence-electron chi connectivity index (χ3n) is 3.73. The number of ether oxygens (including phenoxy) is 1. The van der Waals surface area contributed by atoms with Crippen LogP contribution in [0.4, 0.5) is 0 Å². The lowest BCUT2D eigenvalue weighted by Crippen LogP contribution is -2.50. The molecule has 1 saturated heterocycles. The van der Waals surface area contributed by atoms with E-state index in [0.717, 1.165) is 6.42 Å². The number of carbonyl (C=O) groups is 1. The lowest BCUT2D eigenvalue weighted by atomic mass is 9.94. The molecule has 0 aromatic heterocycles. The summed E-state index contributed by atoms with van der Waals surface area (Å²) in [7, 11) is -3.74. The highest BCUT2D eigenvalue weighted by Crippen LogP contribution is 2.25. The first-order valence-corrected chi connectivity index (χ1v) is 7.84. The Bertz CT molecular complexity index is 612. The Kier molecular flexibility index (Phi) is 3.86. The van der Waals surface area contributed by atoms with Crippen LogP contribution in [0.15, 0.2) is 29.2 Å². The molecule has 1 amide bonds. The van der Waals surface area contributed by atoms with Crippen LogP contribution in [-0.4, -0.2) is 32.6 Å². The van der Waals surface area contributed by atoms with Crippen molar-refractivity contribution in [3.63, 3.8) is 0 Å². The molecule has 1 aromatic rings. The molecule has 3 N–H and O–H groups in total. The van der Waals surface area contributed by atoms with Crippen molar-refractivity contribution in [1.29, 1.82) is 0 Å². The van der Waals surface area contributed by atoms with Crippen molar-refractivity contribution in [2.24, 2.45) is 5.14 Å². The molecular formula is C13H18N2O4S. The largest absolute Gasteiger partial charge is 0.376 e. The Hall–Kier alpha value is -1.44. The molecule has 20 heavy (non-hydrogen) atoms. The van der Waals surface area contributed by atoms with Gasteiger partial charge in [-0.2, -0.15) is 0 Å². The van der Waals surface area contributed by atoms with E-state index in [-0.39, 0.29) is 16.9 Å². The first-order valence-electron chi connectivity index (χ1n) is 6.29. The van der Waals surface area contributed by atoms with Gasteiger partial charge >= 0.3 is 0 Å². The Morgan fingerprint density at radius 2 is 2.00 bits per heavy atom. The van der Waals surface area contributed by atoms with Crippen molar-refractivity contribution in [3.8, 4) is 0 Å². The predicted octanol–water partition coefficient (Wildman–Crippen LogP) is 0.631. The van der Waals surface area contributed by atoms with Crippen LogP contribution in [0.25, 0.3) is 0 Å². The number of benzene rings is 1. The van der Waals surface area contributed by atoms with Gasteiger partial charge in [0.1, 0.15) is 0 Å². The second kappa shape index (κ2) is 5.16. The summed E-state index contributed by atoms with van der Waals surface area (Å²) in [5, 5.41) is 7.94. The lowest BCUT2D eigenvalue weighted by Gasteiger charge is -2.28. The Morgan fingerprint density at radius 1 is 1.40 bits per heavy atom. The fourth-order valence-electron chi connectivity index (χ4n) is 2.13. The summed E-state index contributed by atoms with van der Waals surface area (Å²) in [6.45, 7) is 4.46. The van der Waals surface area contributed by atoms with E-state index in [4.69, 9.17) is 9.88 Å². The van der Waals surface area contributed by atoms with Crippen LogP contribution in [0.2, 0.25) is 0 Å². The third-order valence-corrected chi connectivity index (χ3v) is 4.66. The SMILES string of the molecule is CC1OCCC1(C)NC(=O)c1ccc(S(N)(=O)=O)cc1. The van der Waals surface area contributed by atoms with Gasteiger partial charge in [-0.25, -0.2) is 13.6 Å². The fraction of sp³-hybridized carbons (Fsp3) is 0.462. The number of amides is 1. The summed E-state index contributed by atoms with van der Waals surface area (Å²) in [6, 6.07) is 5.53. The highest BCUT2D eigenvalue weighted by Gasteiger charge is 2.38. The van der Waals surface area contributed by atoms with Gasteiger partial charge < -0.3 is 10.1 Å². The van der Waals surface area contributed by atoms with Crippen LogP contribution in [0.3, 0.4) is 0 Å². The maximum atomic E-state index is 12.2. The second-order valence-corrected chi connectivity index (χ2v) is 6.77. The van der Waals surface area contributed by atoms with E-state index in [1.54, 1.807) is 0 Å². The number of nitrogens with two attached hydrogens (primary N) is 1. The fourth-order valence-corrected chi connectivity index (χ4v) is 2.64. The topological polar surface area (TPSA) is 98.5 Å². The van der Waals surface area contributed by atoms with Gasteiger partial charge in [-0.15, -0.1) is 0 Å². The summed E-state index contributed by atoms with van der Waals surface area (Å²) >= 11 is 0. The van der Waals surface area contributed by atoms with Crippen molar-refractivity contribution in [2.75, 3.05) is 6.61 Å². The van der Waals surface area contributed by atoms with Crippen molar-refractivity contribution >= 4 is 15.9 Å². The minimum Gasteiger partial charge on any atom is -0.376 e. The number of primary sulfonamides is 1. The van der Waals surface area contributed by atoms with Gasteiger partial charge in [0.2, 0.25) is 10.0 Å². The first-order chi connectivity index (χ1) is 9.22. The zero-order valence-corrected chi connectivity index (χ0v) is 12.2. The van der Waals surface area contributed by atoms with Crippen LogP contribution in [0, 0.1) is 0 Å². The molecule has 0 aliphatic carbocycles. The quantitative estimate of drug-likeness (QED) is 0.855. The van der Waals surface area contributed by atoms with Crippen LogP contribution in [0.5, 0.6) is 0 Å². The van der Waals surface area contributed by atoms with Gasteiger partial charge in [-0.3, -0.25) is 4.79 Å². The number of nitrogens with one attached hydrogen (secondary N) is 1. The van der Waals surface area contributed by atoms with Crippen LogP contribution in [0.1, 0.15) is 30.6 Å². The maximum Gasteiger partial charge on any atom is 0.251 e. The molecule has 7 heteroatoms. The van der Waals surface area contributed by atoms with Crippen LogP contribution >= 0.6 is 0 Å². The smallest absolute Gasteiger partial charge is 0.251 e. The molecule has 2 atom stereocenters. The van der Waals surface area contributed by atoms with Gasteiger partial charge in [0.15, 0.2) is 0 Å². The van der Waals surface area contributed by atoms with Gasteiger partial charge in [-0.05, 0) is 44.5 Å². The molecule has 2 rings (SSSR count). The maximum absolute atomic E-state index is 12.2. The minimum atomic E-state index is -3.74. The van der Waals surface area contributed by atoms with Crippen LogP contribution < -0.4 is 10.5 Å². The Morgan fingerprint density at radius 3 is 2.45 bits per heavy atom. The zero-order valence-electron chi connectivity index (χ0n) is 11.4. The monoisotopic (exact) mass is 298 g/mol. The number of sulfonamides is 1. The summed E-state index contributed by atoms with van der Waals surface area (Å²) < 4.78 is 27.8. The molecule has 110 valence electrons. The average Bonchev–Trinajstić information content (AvgIpc) is 2.68. The number of rotatable bonds is 3. The summed E-state index contributed by atoms with van der Waals surface area (Å²) in [4.78, 5) is 12.1. The molecule has 1 aromatic carbocycles. The van der Waals surface area contributed by atoms with Gasteiger partial charge in [-0.1, -0.05) is 0 Å². The summed E-state index contributed by atoms with van der Waals surface area (Å²) in [6.07, 6.45) is 0.685. The van der Waals surface area contributed by atoms with E-state index >= 15 is 0 Å². The number of hydrogen-bond acceptors (Lipinski definition) is 4. The molecule has 2 unspecified atom stereocenters. The van der Waals surface area contributed by atoms with E-state index < -0.39 is 15.6 Å². The van der Waals surface area contributed by atoms with E-state index in [2.05, 4.69) is 5.32 Å². The predicted molar refractivity (Wildman–Crippen MR) is 73.7 cm³/mol. The third kappa shape index (κ3) is 3.00. The number of hydrogen-bond donors (Lipinski definition) is 2. The van der Waals surface area contributed by atoms with E-state index in [1.807, 2.05) is 13.8 Å². The minimum absolute atomic E-state index is 0.0159. The molecule has 1 heterocycles. The van der Waals surface area contributed by atoms with Crippen molar-refractivity contribution < 1.29 is 17.9 Å². The van der Waals surface area contributed by atoms with Gasteiger partial charge in [0.05, 0.1) is 16.5 Å². The van der Waals surface area contributed by atoms with Crippen molar-refractivity contribution in [1.82, 2.24) is 5.32 Å². The van der Waals surface area contributed by atoms with E-state index in [9.17, 15) is 13.2 Å². The number of carbonyl (C=O) groups excluding carboxylic acids is 1. The molecule has 1 aliphatic rings. The highest BCUT2D eigenvalue weighted by molar-refractivity contribution is 7.89. The van der Waals surface area contributed by atoms with Crippen molar-refractivity contribution in [2.45, 2.75) is 36.8 Å². The molecular weight excluding hydrogens is 280 g/mol. The Balaban J connectivity index is 2.14. The van der Waals surface area contributed by atoms with Crippen LogP contribution in [-0.2, 0) is 14.8 Å². The first kappa shape index (κ1) is 15.0. The molecule has 1 fully saturated rings. The summed E-state index contributed by atoms with van der Waals surface area (Å²) in [5.74, 6) is -0.259. The van der Waals surface area contributed by atoms with Gasteiger partial charge in [0.25, 0.3) is 5.91 Å². The van der Waals surface area contributed by atoms with Crippen molar-refractivity contribution in [3.05, 3.63) is 29.8 Å². The second-order valence-electron chi connectivity index (χ2n) is 5.20. The highest BCUT2D eigenvalue weighted by atomic mass is 32.2. The average molecular weight is 298 g/mol. The molecule has 0 bridgehead atoms. The normalized spacial score (nSPS) is 26.4. The van der Waals surface area contributed by atoms with Gasteiger partial charge in [0, 0.05) is 12.2 Å². The standard InChI is InChI=1S/C13H18N2O4S/c1-9-13(2,7-8-19-9)15-12(16)10-3-5-11(6-4-10)20(14,17)18/h3-6,9H,7-8H2,1-2H3,(H,15,16)(H2,14,17,18). The molecule has 1 aliphatic heterocycles. The van der Waals surface area contributed by atoms with E-state index in [1.165, 1.54) is 24.3 Å². The molecule has 0 radical (unpaired) electrons. The lowest BCUT2D eigenvalue weighted by molar-refractivity contribution is 0.0727. The molecule has 0 spiro atoms. The van der Waals surface area contributed by atoms with E-state index in [0.29, 0.717) is 12.2 Å². The zero-order chi connectivity index (χ0) is 15.0. The molecule has 0 saturated carbocycles. The summed E-state index contributed by atoms with van der Waals surface area (Å²) in [5.41, 5.74) is -0.0203. The molecule has 6 nitrogen and oxygen atoms in total.